The van der Waals surface area contributed by atoms with Crippen LogP contribution < -0.4 is 10.2 Å². The van der Waals surface area contributed by atoms with Crippen LogP contribution >= 0.6 is 0 Å². The van der Waals surface area contributed by atoms with E-state index in [2.05, 4.69) is 39.4 Å². The minimum Gasteiger partial charge on any atom is -0.504 e. The number of carbonyl (C=O) groups excluding carboxylic acids is 1. The van der Waals surface area contributed by atoms with Gasteiger partial charge >= 0.3 is 0 Å². The molecule has 4 rings (SSSR count). The average molecular weight is 391 g/mol. The third-order valence-electron chi connectivity index (χ3n) is 5.49. The van der Waals surface area contributed by atoms with Gasteiger partial charge in [0.05, 0.1) is 13.3 Å². The maximum atomic E-state index is 12.3. The van der Waals surface area contributed by atoms with Crippen LogP contribution in [-0.2, 0) is 24.2 Å². The first-order valence-corrected chi connectivity index (χ1v) is 9.96. The molecule has 1 aliphatic rings. The number of nitrogens with zero attached hydrogens (tertiary/aromatic N) is 2. The number of phenols is 1. The van der Waals surface area contributed by atoms with Crippen LogP contribution in [0.15, 0.2) is 47.6 Å². The first-order valence-electron chi connectivity index (χ1n) is 9.96. The summed E-state index contributed by atoms with van der Waals surface area (Å²) in [5.41, 5.74) is 7.05. The Balaban J connectivity index is 1.43. The Bertz CT molecular complexity index is 1070. The summed E-state index contributed by atoms with van der Waals surface area (Å²) in [4.78, 5) is 12.3. The maximum Gasteiger partial charge on any atom is 0.241 e. The lowest BCUT2D eigenvalue weighted by Crippen LogP contribution is -2.20. The number of hydrogen-bond donors (Lipinski definition) is 2. The quantitative estimate of drug-likeness (QED) is 0.496. The van der Waals surface area contributed by atoms with Gasteiger partial charge in [-0.3, -0.25) is 4.79 Å². The number of ether oxygens (including phenoxy) is 1. The second kappa shape index (κ2) is 8.39. The van der Waals surface area contributed by atoms with Gasteiger partial charge in [0.25, 0.3) is 0 Å². The minimum absolute atomic E-state index is 0.00145. The van der Waals surface area contributed by atoms with Crippen LogP contribution in [0.3, 0.4) is 0 Å². The van der Waals surface area contributed by atoms with Crippen LogP contribution in [0.25, 0.3) is 10.9 Å². The second-order valence-electron chi connectivity index (χ2n) is 7.24. The third kappa shape index (κ3) is 3.83. The van der Waals surface area contributed by atoms with Crippen molar-refractivity contribution in [1.82, 2.24) is 9.99 Å². The highest BCUT2D eigenvalue weighted by Crippen LogP contribution is 2.32. The molecule has 2 N–H and O–H groups in total. The molecule has 6 nitrogen and oxygen atoms in total. The van der Waals surface area contributed by atoms with Gasteiger partial charge in [-0.1, -0.05) is 24.3 Å². The van der Waals surface area contributed by atoms with Crippen LogP contribution in [0.5, 0.6) is 11.5 Å². The number of phenolic OH excluding ortho intramolecular Hbond substituents is 1. The van der Waals surface area contributed by atoms with Crippen LogP contribution in [0, 0.1) is 0 Å². The first kappa shape index (κ1) is 19.1. The summed E-state index contributed by atoms with van der Waals surface area (Å²) in [7, 11) is 1.49. The van der Waals surface area contributed by atoms with E-state index in [1.807, 2.05) is 0 Å². The second-order valence-corrected chi connectivity index (χ2v) is 7.24. The molecule has 0 aliphatic heterocycles. The number of rotatable bonds is 6. The number of carbonyl (C=O) groups is 1. The number of amides is 1. The van der Waals surface area contributed by atoms with E-state index in [0.717, 1.165) is 12.8 Å². The lowest BCUT2D eigenvalue weighted by atomic mass is 9.95. The fourth-order valence-electron chi connectivity index (χ4n) is 4.09. The summed E-state index contributed by atoms with van der Waals surface area (Å²) in [6.45, 7) is 0.627. The molecule has 2 aromatic carbocycles. The zero-order valence-electron chi connectivity index (χ0n) is 16.5. The summed E-state index contributed by atoms with van der Waals surface area (Å²) in [6.07, 6.45) is 6.37. The molecule has 1 aromatic heterocycles. The molecule has 0 saturated heterocycles. The van der Waals surface area contributed by atoms with Crippen molar-refractivity contribution in [3.63, 3.8) is 0 Å². The number of aromatic nitrogens is 1. The van der Waals surface area contributed by atoms with Crippen molar-refractivity contribution in [2.45, 2.75) is 38.6 Å². The van der Waals surface area contributed by atoms with Crippen LogP contribution in [-0.4, -0.2) is 28.9 Å². The zero-order valence-corrected chi connectivity index (χ0v) is 16.5. The Morgan fingerprint density at radius 2 is 2.03 bits per heavy atom. The SMILES string of the molecule is COc1cccc(C=NNC(=O)CCn2c3c(c4ccccc42)CCCC3)c1O. The van der Waals surface area contributed by atoms with E-state index in [9.17, 15) is 9.90 Å². The van der Waals surface area contributed by atoms with Gasteiger partial charge in [0, 0.05) is 35.1 Å². The summed E-state index contributed by atoms with van der Waals surface area (Å²) in [5.74, 6) is 0.203. The lowest BCUT2D eigenvalue weighted by Gasteiger charge is -2.15. The van der Waals surface area contributed by atoms with Gasteiger partial charge in [0.15, 0.2) is 11.5 Å². The monoisotopic (exact) mass is 391 g/mol. The molecule has 3 aromatic rings. The predicted octanol–water partition coefficient (Wildman–Crippen LogP) is 3.77. The van der Waals surface area contributed by atoms with Crippen LogP contribution in [0.2, 0.25) is 0 Å². The van der Waals surface area contributed by atoms with Crippen molar-refractivity contribution in [1.29, 1.82) is 0 Å². The standard InChI is InChI=1S/C23H25N3O3/c1-29-21-12-6-7-16(23(21)28)15-24-25-22(27)13-14-26-19-10-4-2-8-17(19)18-9-3-5-11-20(18)26/h2,4,6-8,10,12,15,28H,3,5,9,11,13-14H2,1H3,(H,25,27). The number of para-hydroxylation sites is 2. The highest BCUT2D eigenvalue weighted by Gasteiger charge is 2.19. The molecule has 0 fully saturated rings. The lowest BCUT2D eigenvalue weighted by molar-refractivity contribution is -0.121. The molecule has 0 spiro atoms. The van der Waals surface area contributed by atoms with Crippen molar-refractivity contribution in [2.75, 3.05) is 7.11 Å². The van der Waals surface area contributed by atoms with Gasteiger partial charge in [0.1, 0.15) is 0 Å². The molecule has 0 radical (unpaired) electrons. The van der Waals surface area contributed by atoms with Gasteiger partial charge in [-0.05, 0) is 49.4 Å². The van der Waals surface area contributed by atoms with Crippen molar-refractivity contribution in [2.24, 2.45) is 5.10 Å². The fourth-order valence-corrected chi connectivity index (χ4v) is 4.09. The highest BCUT2D eigenvalue weighted by molar-refractivity contribution is 5.87. The summed E-state index contributed by atoms with van der Waals surface area (Å²) in [5, 5.41) is 15.4. The molecular formula is C23H25N3O3. The Morgan fingerprint density at radius 1 is 1.21 bits per heavy atom. The van der Waals surface area contributed by atoms with E-state index < -0.39 is 0 Å². The molecule has 150 valence electrons. The molecule has 0 saturated carbocycles. The number of benzene rings is 2. The fraction of sp³-hybridized carbons (Fsp3) is 0.304. The van der Waals surface area contributed by atoms with Gasteiger partial charge in [-0.2, -0.15) is 5.10 Å². The molecule has 29 heavy (non-hydrogen) atoms. The summed E-state index contributed by atoms with van der Waals surface area (Å²) >= 11 is 0. The summed E-state index contributed by atoms with van der Waals surface area (Å²) < 4.78 is 7.36. The number of methoxy groups -OCH3 is 1. The van der Waals surface area contributed by atoms with E-state index in [-0.39, 0.29) is 11.7 Å². The van der Waals surface area contributed by atoms with E-state index in [4.69, 9.17) is 4.74 Å². The van der Waals surface area contributed by atoms with Gasteiger partial charge in [0.2, 0.25) is 5.91 Å². The van der Waals surface area contributed by atoms with Gasteiger partial charge < -0.3 is 14.4 Å². The van der Waals surface area contributed by atoms with E-state index in [1.165, 1.54) is 48.3 Å². The molecule has 0 atom stereocenters. The largest absolute Gasteiger partial charge is 0.504 e. The van der Waals surface area contributed by atoms with E-state index in [0.29, 0.717) is 24.3 Å². The summed E-state index contributed by atoms with van der Waals surface area (Å²) in [6, 6.07) is 13.6. The number of aromatic hydroxyl groups is 1. The molecule has 6 heteroatoms. The number of hydrogen-bond acceptors (Lipinski definition) is 4. The molecule has 1 aliphatic carbocycles. The number of aryl methyl sites for hydroxylation is 2. The molecule has 1 amide bonds. The number of hydrazone groups is 1. The molecule has 0 unspecified atom stereocenters. The van der Waals surface area contributed by atoms with E-state index in [1.54, 1.807) is 18.2 Å². The van der Waals surface area contributed by atoms with Gasteiger partial charge in [-0.25, -0.2) is 5.43 Å². The highest BCUT2D eigenvalue weighted by atomic mass is 16.5. The number of nitrogens with one attached hydrogen (secondary N) is 1. The average Bonchev–Trinajstić information content (AvgIpc) is 3.07. The van der Waals surface area contributed by atoms with Crippen molar-refractivity contribution < 1.29 is 14.6 Å². The maximum absolute atomic E-state index is 12.3. The topological polar surface area (TPSA) is 75.8 Å². The Hall–Kier alpha value is -3.28. The Labute approximate surface area is 169 Å². The van der Waals surface area contributed by atoms with Crippen molar-refractivity contribution >= 4 is 23.0 Å². The predicted molar refractivity (Wildman–Crippen MR) is 114 cm³/mol. The van der Waals surface area contributed by atoms with E-state index >= 15 is 0 Å². The Kier molecular flexibility index (Phi) is 5.51. The minimum atomic E-state index is -0.161. The van der Waals surface area contributed by atoms with Gasteiger partial charge in [-0.15, -0.1) is 0 Å². The normalized spacial score (nSPS) is 13.6. The zero-order chi connectivity index (χ0) is 20.2. The molecule has 0 bridgehead atoms. The van der Waals surface area contributed by atoms with Crippen molar-refractivity contribution in [3.05, 3.63) is 59.3 Å². The number of fused-ring (bicyclic) bond motifs is 3. The third-order valence-corrected chi connectivity index (χ3v) is 5.49. The van der Waals surface area contributed by atoms with Crippen LogP contribution in [0.4, 0.5) is 0 Å². The smallest absolute Gasteiger partial charge is 0.241 e. The van der Waals surface area contributed by atoms with Crippen LogP contribution in [0.1, 0.15) is 36.1 Å². The molecular weight excluding hydrogens is 366 g/mol. The molecule has 1 heterocycles. The Morgan fingerprint density at radius 3 is 2.90 bits per heavy atom. The van der Waals surface area contributed by atoms with Crippen molar-refractivity contribution in [3.8, 4) is 11.5 Å². The first-order chi connectivity index (χ1) is 14.2.